The Hall–Kier alpha value is -2.16. The lowest BCUT2D eigenvalue weighted by Gasteiger charge is -2.04. The van der Waals surface area contributed by atoms with Crippen molar-refractivity contribution in [2.75, 3.05) is 6.61 Å². The molecule has 0 spiro atoms. The van der Waals surface area contributed by atoms with Gasteiger partial charge in [-0.05, 0) is 42.2 Å². The number of ketones is 1. The first kappa shape index (κ1) is 12.9. The van der Waals surface area contributed by atoms with Gasteiger partial charge < -0.3 is 4.74 Å². The third-order valence-electron chi connectivity index (χ3n) is 3.59. The number of rotatable bonds is 4. The van der Waals surface area contributed by atoms with Crippen LogP contribution >= 0.6 is 0 Å². The van der Waals surface area contributed by atoms with Crippen LogP contribution in [0.25, 0.3) is 0 Å². The summed E-state index contributed by atoms with van der Waals surface area (Å²) >= 11 is 0. The van der Waals surface area contributed by atoms with Gasteiger partial charge in [0.1, 0.15) is 5.75 Å². The molecule has 102 valence electrons. The maximum Gasteiger partial charge on any atom is 0.164 e. The van der Waals surface area contributed by atoms with Crippen LogP contribution in [0, 0.1) is 6.92 Å². The molecule has 0 bridgehead atoms. The maximum absolute atomic E-state index is 12.1. The summed E-state index contributed by atoms with van der Waals surface area (Å²) in [5.41, 5.74) is 4.18. The van der Waals surface area contributed by atoms with E-state index in [4.69, 9.17) is 4.74 Å². The number of hydrogen-bond donors (Lipinski definition) is 0. The molecule has 1 aliphatic heterocycles. The average molecular weight is 267 g/mol. The molecule has 0 saturated carbocycles. The van der Waals surface area contributed by atoms with E-state index in [-0.39, 0.29) is 5.78 Å². The Kier molecular flexibility index (Phi) is 3.50. The summed E-state index contributed by atoms with van der Waals surface area (Å²) in [5, 5.41) is 0. The van der Waals surface area contributed by atoms with E-state index < -0.39 is 0 Å². The van der Waals surface area contributed by atoms with Gasteiger partial charge in [0.15, 0.2) is 5.78 Å². The first-order valence-electron chi connectivity index (χ1n) is 6.92. The van der Waals surface area contributed by atoms with Crippen molar-refractivity contribution in [2.24, 2.45) is 0 Å². The van der Waals surface area contributed by atoms with Gasteiger partial charge in [-0.1, -0.05) is 12.1 Å². The molecule has 3 rings (SSSR count). The Labute approximate surface area is 118 Å². The number of ether oxygens (including phenoxy) is 1. The minimum atomic E-state index is 0.151. The van der Waals surface area contributed by atoms with Gasteiger partial charge in [-0.3, -0.25) is 9.78 Å². The van der Waals surface area contributed by atoms with Gasteiger partial charge in [0.25, 0.3) is 0 Å². The molecule has 0 atom stereocenters. The van der Waals surface area contributed by atoms with Crippen LogP contribution in [0.2, 0.25) is 0 Å². The van der Waals surface area contributed by atoms with E-state index in [1.165, 1.54) is 11.1 Å². The molecule has 1 aromatic carbocycles. The lowest BCUT2D eigenvalue weighted by Crippen LogP contribution is -2.02. The highest BCUT2D eigenvalue weighted by molar-refractivity contribution is 5.96. The van der Waals surface area contributed by atoms with E-state index in [0.717, 1.165) is 30.8 Å². The summed E-state index contributed by atoms with van der Waals surface area (Å²) in [7, 11) is 0. The molecular weight excluding hydrogens is 250 g/mol. The fourth-order valence-electron chi connectivity index (χ4n) is 2.51. The second-order valence-electron chi connectivity index (χ2n) is 5.21. The van der Waals surface area contributed by atoms with Crippen molar-refractivity contribution < 1.29 is 9.53 Å². The summed E-state index contributed by atoms with van der Waals surface area (Å²) < 4.78 is 5.49. The van der Waals surface area contributed by atoms with Gasteiger partial charge in [0, 0.05) is 30.8 Å². The van der Waals surface area contributed by atoms with Crippen LogP contribution in [0.4, 0.5) is 0 Å². The quantitative estimate of drug-likeness (QED) is 0.799. The predicted octanol–water partition coefficient (Wildman–Crippen LogP) is 3.14. The van der Waals surface area contributed by atoms with Crippen molar-refractivity contribution in [3.8, 4) is 5.75 Å². The van der Waals surface area contributed by atoms with Gasteiger partial charge in [-0.15, -0.1) is 0 Å². The summed E-state index contributed by atoms with van der Waals surface area (Å²) in [6, 6.07) is 8.11. The maximum atomic E-state index is 12.1. The van der Waals surface area contributed by atoms with Gasteiger partial charge in [-0.2, -0.15) is 0 Å². The number of fused-ring (bicyclic) bond motifs is 1. The Morgan fingerprint density at radius 2 is 2.20 bits per heavy atom. The van der Waals surface area contributed by atoms with Crippen molar-refractivity contribution in [3.05, 3.63) is 58.9 Å². The normalized spacial score (nSPS) is 12.8. The smallest absolute Gasteiger partial charge is 0.164 e. The van der Waals surface area contributed by atoms with E-state index >= 15 is 0 Å². The molecule has 2 aromatic rings. The molecule has 0 radical (unpaired) electrons. The molecule has 3 heteroatoms. The molecular formula is C17H17NO2. The summed E-state index contributed by atoms with van der Waals surface area (Å²) in [4.78, 5) is 16.2. The second kappa shape index (κ2) is 5.45. The lowest BCUT2D eigenvalue weighted by atomic mass is 10.0. The van der Waals surface area contributed by atoms with Crippen molar-refractivity contribution in [1.29, 1.82) is 0 Å². The highest BCUT2D eigenvalue weighted by atomic mass is 16.5. The molecule has 0 saturated heterocycles. The van der Waals surface area contributed by atoms with Crippen molar-refractivity contribution >= 4 is 5.78 Å². The minimum Gasteiger partial charge on any atom is -0.493 e. The molecule has 3 nitrogen and oxygen atoms in total. The molecule has 2 heterocycles. The SMILES string of the molecule is Cc1cncc(C(=O)CCc2ccc3c(c2)CCO3)c1. The number of pyridine rings is 1. The van der Waals surface area contributed by atoms with Crippen molar-refractivity contribution in [2.45, 2.75) is 26.2 Å². The first-order chi connectivity index (χ1) is 9.72. The number of benzene rings is 1. The van der Waals surface area contributed by atoms with Crippen LogP contribution in [-0.4, -0.2) is 17.4 Å². The molecule has 0 N–H and O–H groups in total. The van der Waals surface area contributed by atoms with Crippen molar-refractivity contribution in [3.63, 3.8) is 0 Å². The van der Waals surface area contributed by atoms with E-state index in [1.54, 1.807) is 12.4 Å². The number of carbonyl (C=O) groups excluding carboxylic acids is 1. The van der Waals surface area contributed by atoms with E-state index in [0.29, 0.717) is 12.0 Å². The van der Waals surface area contributed by atoms with Crippen molar-refractivity contribution in [1.82, 2.24) is 4.98 Å². The van der Waals surface area contributed by atoms with Crippen LogP contribution in [0.15, 0.2) is 36.7 Å². The van der Waals surface area contributed by atoms with Gasteiger partial charge >= 0.3 is 0 Å². The lowest BCUT2D eigenvalue weighted by molar-refractivity contribution is 0.0982. The van der Waals surface area contributed by atoms with Crippen LogP contribution in [0.1, 0.15) is 33.5 Å². The number of nitrogens with zero attached hydrogens (tertiary/aromatic N) is 1. The first-order valence-corrected chi connectivity index (χ1v) is 6.92. The monoisotopic (exact) mass is 267 g/mol. The number of aromatic nitrogens is 1. The van der Waals surface area contributed by atoms with E-state index in [9.17, 15) is 4.79 Å². The van der Waals surface area contributed by atoms with Gasteiger partial charge in [-0.25, -0.2) is 0 Å². The molecule has 0 amide bonds. The van der Waals surface area contributed by atoms with Crippen LogP contribution in [0.3, 0.4) is 0 Å². The van der Waals surface area contributed by atoms with E-state index in [1.807, 2.05) is 25.1 Å². The number of aryl methyl sites for hydroxylation is 2. The fraction of sp³-hybridized carbons (Fsp3) is 0.294. The number of Topliss-reactive ketones (excluding diaryl/α,β-unsaturated/α-hetero) is 1. The molecule has 20 heavy (non-hydrogen) atoms. The minimum absolute atomic E-state index is 0.151. The Bertz CT molecular complexity index is 649. The largest absolute Gasteiger partial charge is 0.493 e. The molecule has 1 aliphatic rings. The van der Waals surface area contributed by atoms with Crippen LogP contribution in [-0.2, 0) is 12.8 Å². The second-order valence-corrected chi connectivity index (χ2v) is 5.21. The molecule has 0 fully saturated rings. The molecule has 0 aliphatic carbocycles. The number of hydrogen-bond acceptors (Lipinski definition) is 3. The highest BCUT2D eigenvalue weighted by Crippen LogP contribution is 2.26. The Morgan fingerprint density at radius 3 is 3.05 bits per heavy atom. The average Bonchev–Trinajstić information content (AvgIpc) is 2.92. The van der Waals surface area contributed by atoms with Gasteiger partial charge in [0.2, 0.25) is 0 Å². The zero-order valence-corrected chi connectivity index (χ0v) is 11.6. The summed E-state index contributed by atoms with van der Waals surface area (Å²) in [6.45, 7) is 2.72. The standard InChI is InChI=1S/C17H17NO2/c1-12-8-15(11-18-10-12)16(19)4-2-13-3-5-17-14(9-13)6-7-20-17/h3,5,8-11H,2,4,6-7H2,1H3. The highest BCUT2D eigenvalue weighted by Gasteiger charge is 2.13. The van der Waals surface area contributed by atoms with Crippen LogP contribution < -0.4 is 4.74 Å². The molecule has 1 aromatic heterocycles. The summed E-state index contributed by atoms with van der Waals surface area (Å²) in [5.74, 6) is 1.14. The van der Waals surface area contributed by atoms with E-state index in [2.05, 4.69) is 11.1 Å². The van der Waals surface area contributed by atoms with Crippen LogP contribution in [0.5, 0.6) is 5.75 Å². The zero-order chi connectivity index (χ0) is 13.9. The summed E-state index contributed by atoms with van der Waals surface area (Å²) in [6.07, 6.45) is 5.66. The molecule has 0 unspecified atom stereocenters. The Morgan fingerprint density at radius 1 is 1.30 bits per heavy atom. The third-order valence-corrected chi connectivity index (χ3v) is 3.59. The number of carbonyl (C=O) groups is 1. The van der Waals surface area contributed by atoms with Gasteiger partial charge in [0.05, 0.1) is 6.61 Å². The predicted molar refractivity (Wildman–Crippen MR) is 77.3 cm³/mol. The zero-order valence-electron chi connectivity index (χ0n) is 11.6. The topological polar surface area (TPSA) is 39.2 Å². The fourth-order valence-corrected chi connectivity index (χ4v) is 2.51. The third kappa shape index (κ3) is 2.72. The Balaban J connectivity index is 1.66.